The standard InChI is InChI=1S/C11H23N5O4/c12-3-1-2-5-16(10(18)7-13)8-9(17)15-4-6-20-11(14)19/h1-8,12-13H2,(H2,14,19)(H,15,17). The Labute approximate surface area is 117 Å². The van der Waals surface area contributed by atoms with Gasteiger partial charge in [0.15, 0.2) is 0 Å². The highest BCUT2D eigenvalue weighted by molar-refractivity contribution is 5.85. The quantitative estimate of drug-likeness (QED) is 0.332. The van der Waals surface area contributed by atoms with Crippen LogP contribution in [0.25, 0.3) is 0 Å². The Morgan fingerprint density at radius 2 is 1.85 bits per heavy atom. The fourth-order valence-corrected chi connectivity index (χ4v) is 1.44. The summed E-state index contributed by atoms with van der Waals surface area (Å²) < 4.78 is 4.46. The summed E-state index contributed by atoms with van der Waals surface area (Å²) in [5, 5.41) is 2.51. The van der Waals surface area contributed by atoms with E-state index in [0.29, 0.717) is 19.5 Å². The van der Waals surface area contributed by atoms with Gasteiger partial charge in [0, 0.05) is 6.54 Å². The number of amides is 3. The number of nitrogens with one attached hydrogen (secondary N) is 1. The molecule has 0 saturated carbocycles. The van der Waals surface area contributed by atoms with Gasteiger partial charge in [-0.05, 0) is 19.4 Å². The highest BCUT2D eigenvalue weighted by Gasteiger charge is 2.15. The molecular formula is C11H23N5O4. The van der Waals surface area contributed by atoms with Crippen LogP contribution < -0.4 is 22.5 Å². The smallest absolute Gasteiger partial charge is 0.404 e. The molecule has 0 aliphatic rings. The molecule has 20 heavy (non-hydrogen) atoms. The third-order valence-corrected chi connectivity index (χ3v) is 2.41. The predicted molar refractivity (Wildman–Crippen MR) is 72.5 cm³/mol. The van der Waals surface area contributed by atoms with Gasteiger partial charge < -0.3 is 32.2 Å². The molecule has 0 spiro atoms. The van der Waals surface area contributed by atoms with E-state index in [1.165, 1.54) is 4.90 Å². The van der Waals surface area contributed by atoms with Crippen molar-refractivity contribution in [2.75, 3.05) is 39.3 Å². The summed E-state index contributed by atoms with van der Waals surface area (Å²) in [6.45, 7) is 0.839. The maximum Gasteiger partial charge on any atom is 0.404 e. The molecule has 0 unspecified atom stereocenters. The lowest BCUT2D eigenvalue weighted by Crippen LogP contribution is -2.44. The van der Waals surface area contributed by atoms with Crippen LogP contribution in [0.3, 0.4) is 0 Å². The van der Waals surface area contributed by atoms with E-state index >= 15 is 0 Å². The molecule has 0 fully saturated rings. The summed E-state index contributed by atoms with van der Waals surface area (Å²) in [4.78, 5) is 34.9. The number of unbranched alkanes of at least 4 members (excludes halogenated alkanes) is 1. The van der Waals surface area contributed by atoms with Crippen LogP contribution in [0.1, 0.15) is 12.8 Å². The number of primary amides is 1. The molecule has 116 valence electrons. The van der Waals surface area contributed by atoms with Gasteiger partial charge in [-0.2, -0.15) is 0 Å². The Bertz CT molecular complexity index is 324. The molecular weight excluding hydrogens is 266 g/mol. The summed E-state index contributed by atoms with van der Waals surface area (Å²) in [7, 11) is 0. The average molecular weight is 289 g/mol. The van der Waals surface area contributed by atoms with E-state index in [2.05, 4.69) is 10.1 Å². The molecule has 0 aliphatic carbocycles. The van der Waals surface area contributed by atoms with Crippen LogP contribution >= 0.6 is 0 Å². The van der Waals surface area contributed by atoms with Crippen molar-refractivity contribution in [1.82, 2.24) is 10.2 Å². The van der Waals surface area contributed by atoms with Crippen molar-refractivity contribution in [3.8, 4) is 0 Å². The van der Waals surface area contributed by atoms with Gasteiger partial charge in [-0.25, -0.2) is 4.79 Å². The normalized spacial score (nSPS) is 9.90. The number of carbonyl (C=O) groups excluding carboxylic acids is 3. The van der Waals surface area contributed by atoms with Crippen LogP contribution in [0.15, 0.2) is 0 Å². The van der Waals surface area contributed by atoms with Crippen molar-refractivity contribution in [1.29, 1.82) is 0 Å². The van der Waals surface area contributed by atoms with Crippen molar-refractivity contribution >= 4 is 17.9 Å². The van der Waals surface area contributed by atoms with Gasteiger partial charge >= 0.3 is 6.09 Å². The monoisotopic (exact) mass is 289 g/mol. The lowest BCUT2D eigenvalue weighted by molar-refractivity contribution is -0.135. The molecule has 0 saturated heterocycles. The van der Waals surface area contributed by atoms with Crippen LogP contribution in [0, 0.1) is 0 Å². The van der Waals surface area contributed by atoms with E-state index in [1.54, 1.807) is 0 Å². The van der Waals surface area contributed by atoms with Crippen LogP contribution in [0.2, 0.25) is 0 Å². The third kappa shape index (κ3) is 9.11. The zero-order chi connectivity index (χ0) is 15.4. The molecule has 0 aliphatic heterocycles. The number of carbonyl (C=O) groups is 3. The van der Waals surface area contributed by atoms with Gasteiger partial charge in [0.1, 0.15) is 6.61 Å². The van der Waals surface area contributed by atoms with Gasteiger partial charge in [0.2, 0.25) is 11.8 Å². The highest BCUT2D eigenvalue weighted by Crippen LogP contribution is 1.95. The summed E-state index contributed by atoms with van der Waals surface area (Å²) in [6, 6.07) is 0. The fraction of sp³-hybridized carbons (Fsp3) is 0.727. The Kier molecular flexibility index (Phi) is 9.97. The number of hydrogen-bond donors (Lipinski definition) is 4. The van der Waals surface area contributed by atoms with Gasteiger partial charge in [0.25, 0.3) is 0 Å². The van der Waals surface area contributed by atoms with E-state index in [4.69, 9.17) is 17.2 Å². The Hall–Kier alpha value is -1.87. The van der Waals surface area contributed by atoms with Crippen molar-refractivity contribution < 1.29 is 19.1 Å². The minimum atomic E-state index is -0.902. The Balaban J connectivity index is 4.04. The van der Waals surface area contributed by atoms with E-state index in [-0.39, 0.29) is 38.1 Å². The molecule has 0 radical (unpaired) electrons. The number of hydrogen-bond acceptors (Lipinski definition) is 6. The molecule has 3 amide bonds. The topological polar surface area (TPSA) is 154 Å². The van der Waals surface area contributed by atoms with Crippen LogP contribution in [-0.4, -0.2) is 62.1 Å². The second-order valence-corrected chi connectivity index (χ2v) is 4.03. The van der Waals surface area contributed by atoms with Crippen LogP contribution in [-0.2, 0) is 14.3 Å². The fourth-order valence-electron chi connectivity index (χ4n) is 1.44. The molecule has 9 heteroatoms. The SMILES string of the molecule is NCCCCN(CC(=O)NCCOC(N)=O)C(=O)CN. The second kappa shape index (κ2) is 11.0. The van der Waals surface area contributed by atoms with Gasteiger partial charge in [0.05, 0.1) is 19.6 Å². The Morgan fingerprint density at radius 3 is 2.40 bits per heavy atom. The lowest BCUT2D eigenvalue weighted by Gasteiger charge is -2.21. The first kappa shape index (κ1) is 18.1. The van der Waals surface area contributed by atoms with Crippen molar-refractivity contribution in [2.45, 2.75) is 12.8 Å². The van der Waals surface area contributed by atoms with E-state index in [1.807, 2.05) is 0 Å². The zero-order valence-electron chi connectivity index (χ0n) is 11.5. The van der Waals surface area contributed by atoms with Gasteiger partial charge in [-0.15, -0.1) is 0 Å². The van der Waals surface area contributed by atoms with Crippen molar-refractivity contribution in [3.63, 3.8) is 0 Å². The molecule has 7 N–H and O–H groups in total. The maximum absolute atomic E-state index is 11.6. The highest BCUT2D eigenvalue weighted by atomic mass is 16.5. The Morgan fingerprint density at radius 1 is 1.15 bits per heavy atom. The van der Waals surface area contributed by atoms with Gasteiger partial charge in [-0.3, -0.25) is 9.59 Å². The summed E-state index contributed by atoms with van der Waals surface area (Å²) in [6.07, 6.45) is 0.573. The molecule has 0 heterocycles. The van der Waals surface area contributed by atoms with Crippen molar-refractivity contribution in [3.05, 3.63) is 0 Å². The minimum absolute atomic E-state index is 0.0148. The number of nitrogens with two attached hydrogens (primary N) is 3. The molecule has 0 aromatic heterocycles. The molecule has 0 atom stereocenters. The zero-order valence-corrected chi connectivity index (χ0v) is 11.5. The second-order valence-electron chi connectivity index (χ2n) is 4.03. The maximum atomic E-state index is 11.6. The van der Waals surface area contributed by atoms with Crippen LogP contribution in [0.4, 0.5) is 4.79 Å². The van der Waals surface area contributed by atoms with Gasteiger partial charge in [-0.1, -0.05) is 0 Å². The predicted octanol–water partition coefficient (Wildman–Crippen LogP) is -2.28. The van der Waals surface area contributed by atoms with E-state index in [9.17, 15) is 14.4 Å². The molecule has 0 rings (SSSR count). The third-order valence-electron chi connectivity index (χ3n) is 2.41. The summed E-state index contributed by atoms with van der Waals surface area (Å²) in [5.41, 5.74) is 15.4. The summed E-state index contributed by atoms with van der Waals surface area (Å²) in [5.74, 6) is -0.654. The summed E-state index contributed by atoms with van der Waals surface area (Å²) >= 11 is 0. The molecule has 9 nitrogen and oxygen atoms in total. The van der Waals surface area contributed by atoms with E-state index in [0.717, 1.165) is 6.42 Å². The van der Waals surface area contributed by atoms with E-state index < -0.39 is 6.09 Å². The van der Waals surface area contributed by atoms with Crippen molar-refractivity contribution in [2.24, 2.45) is 17.2 Å². The number of rotatable bonds is 10. The molecule has 0 aromatic carbocycles. The number of ether oxygens (including phenoxy) is 1. The number of nitrogens with zero attached hydrogens (tertiary/aromatic N) is 1. The lowest BCUT2D eigenvalue weighted by atomic mass is 10.3. The average Bonchev–Trinajstić information content (AvgIpc) is 2.41. The molecule has 0 aromatic rings. The van der Waals surface area contributed by atoms with Crippen LogP contribution in [0.5, 0.6) is 0 Å². The first-order valence-corrected chi connectivity index (χ1v) is 6.38. The minimum Gasteiger partial charge on any atom is -0.448 e. The largest absolute Gasteiger partial charge is 0.448 e. The first-order chi connectivity index (χ1) is 9.51. The first-order valence-electron chi connectivity index (χ1n) is 6.38. The molecule has 0 bridgehead atoms.